The predicted octanol–water partition coefficient (Wildman–Crippen LogP) is 6.33. The van der Waals surface area contributed by atoms with E-state index in [-0.39, 0.29) is 0 Å². The molecule has 0 aromatic heterocycles. The van der Waals surface area contributed by atoms with Crippen LogP contribution in [-0.2, 0) is 12.8 Å². The molecule has 0 aliphatic heterocycles. The molecule has 23 heavy (non-hydrogen) atoms. The number of hydrogen-bond acceptors (Lipinski definition) is 1. The van der Waals surface area contributed by atoms with E-state index < -0.39 is 0 Å². The zero-order chi connectivity index (χ0) is 16.7. The van der Waals surface area contributed by atoms with Crippen LogP contribution in [0.15, 0.2) is 60.7 Å². The Hall–Kier alpha value is -2.28. The molecular formula is C22H26O. The van der Waals surface area contributed by atoms with Gasteiger partial charge in [-0.2, -0.15) is 0 Å². The number of rotatable bonds is 6. The standard InChI is InChI=1S/C22H26O/c1-5-7-13-19-17(3)11-9-15-21(19)23-22-16-10-12-18(4)20(22)14-8-6-2/h5-12,15-16H,13-14H2,1-4H3/b7-5+,8-6+. The van der Waals surface area contributed by atoms with Crippen molar-refractivity contribution in [2.24, 2.45) is 0 Å². The minimum Gasteiger partial charge on any atom is -0.457 e. The Balaban J connectivity index is 2.40. The zero-order valence-electron chi connectivity index (χ0n) is 14.6. The molecule has 2 aromatic carbocycles. The van der Waals surface area contributed by atoms with Crippen molar-refractivity contribution in [1.82, 2.24) is 0 Å². The number of aryl methyl sites for hydroxylation is 2. The first kappa shape index (κ1) is 17.1. The smallest absolute Gasteiger partial charge is 0.131 e. The quantitative estimate of drug-likeness (QED) is 0.566. The van der Waals surface area contributed by atoms with E-state index in [0.717, 1.165) is 24.3 Å². The van der Waals surface area contributed by atoms with Crippen molar-refractivity contribution >= 4 is 0 Å². The molecule has 0 aliphatic rings. The largest absolute Gasteiger partial charge is 0.457 e. The summed E-state index contributed by atoms with van der Waals surface area (Å²) in [5, 5.41) is 0. The summed E-state index contributed by atoms with van der Waals surface area (Å²) in [4.78, 5) is 0. The van der Waals surface area contributed by atoms with Gasteiger partial charge in [-0.05, 0) is 63.8 Å². The van der Waals surface area contributed by atoms with Crippen molar-refractivity contribution in [1.29, 1.82) is 0 Å². The van der Waals surface area contributed by atoms with Crippen LogP contribution in [0.4, 0.5) is 0 Å². The molecule has 0 aliphatic carbocycles. The van der Waals surface area contributed by atoms with Gasteiger partial charge >= 0.3 is 0 Å². The van der Waals surface area contributed by atoms with Crippen molar-refractivity contribution in [3.05, 3.63) is 83.0 Å². The fourth-order valence-corrected chi connectivity index (χ4v) is 2.65. The van der Waals surface area contributed by atoms with Crippen LogP contribution in [0.2, 0.25) is 0 Å². The second kappa shape index (κ2) is 8.38. The van der Waals surface area contributed by atoms with Crippen LogP contribution in [0.5, 0.6) is 11.5 Å². The fraction of sp³-hybridized carbons (Fsp3) is 0.273. The minimum atomic E-state index is 0.897. The van der Waals surface area contributed by atoms with Gasteiger partial charge in [0.05, 0.1) is 0 Å². The van der Waals surface area contributed by atoms with Crippen molar-refractivity contribution in [2.75, 3.05) is 0 Å². The monoisotopic (exact) mass is 306 g/mol. The third-order valence-electron chi connectivity index (χ3n) is 4.07. The van der Waals surface area contributed by atoms with Crippen LogP contribution in [0.3, 0.4) is 0 Å². The normalized spacial score (nSPS) is 11.5. The molecule has 0 fully saturated rings. The summed E-state index contributed by atoms with van der Waals surface area (Å²) < 4.78 is 6.33. The molecule has 2 rings (SSSR count). The van der Waals surface area contributed by atoms with Gasteiger partial charge in [0, 0.05) is 11.1 Å². The summed E-state index contributed by atoms with van der Waals surface area (Å²) in [6, 6.07) is 12.5. The first-order chi connectivity index (χ1) is 11.2. The SMILES string of the molecule is C/C=C/Cc1c(C)cccc1Oc1cccc(C)c1C/C=C/C. The third kappa shape index (κ3) is 4.35. The molecule has 0 amide bonds. The van der Waals surface area contributed by atoms with E-state index in [1.807, 2.05) is 0 Å². The van der Waals surface area contributed by atoms with Gasteiger partial charge < -0.3 is 4.74 Å². The summed E-state index contributed by atoms with van der Waals surface area (Å²) >= 11 is 0. The maximum absolute atomic E-state index is 6.33. The van der Waals surface area contributed by atoms with Crippen LogP contribution >= 0.6 is 0 Å². The second-order valence-corrected chi connectivity index (χ2v) is 5.75. The lowest BCUT2D eigenvalue weighted by Crippen LogP contribution is -1.98. The highest BCUT2D eigenvalue weighted by Crippen LogP contribution is 2.32. The van der Waals surface area contributed by atoms with Crippen LogP contribution in [0.1, 0.15) is 36.1 Å². The molecule has 2 aromatic rings. The van der Waals surface area contributed by atoms with Gasteiger partial charge in [-0.3, -0.25) is 0 Å². The Morgan fingerprint density at radius 2 is 1.17 bits per heavy atom. The molecule has 0 bridgehead atoms. The van der Waals surface area contributed by atoms with Crippen molar-refractivity contribution < 1.29 is 4.74 Å². The van der Waals surface area contributed by atoms with E-state index in [1.165, 1.54) is 22.3 Å². The molecule has 0 N–H and O–H groups in total. The average Bonchev–Trinajstić information content (AvgIpc) is 2.54. The summed E-state index contributed by atoms with van der Waals surface area (Å²) in [6.45, 7) is 8.38. The van der Waals surface area contributed by atoms with E-state index in [2.05, 4.69) is 88.4 Å². The van der Waals surface area contributed by atoms with Gasteiger partial charge in [0.2, 0.25) is 0 Å². The average molecular weight is 306 g/mol. The summed E-state index contributed by atoms with van der Waals surface area (Å²) in [5.74, 6) is 1.91. The van der Waals surface area contributed by atoms with Gasteiger partial charge in [0.15, 0.2) is 0 Å². The van der Waals surface area contributed by atoms with Gasteiger partial charge in [-0.15, -0.1) is 0 Å². The van der Waals surface area contributed by atoms with E-state index in [9.17, 15) is 0 Å². The van der Waals surface area contributed by atoms with Crippen LogP contribution in [0.25, 0.3) is 0 Å². The Labute approximate surface area is 140 Å². The van der Waals surface area contributed by atoms with Gasteiger partial charge in [0.1, 0.15) is 11.5 Å². The summed E-state index contributed by atoms with van der Waals surface area (Å²) in [6.07, 6.45) is 10.3. The molecule has 1 nitrogen and oxygen atoms in total. The van der Waals surface area contributed by atoms with E-state index >= 15 is 0 Å². The molecular weight excluding hydrogens is 280 g/mol. The Bertz CT molecular complexity index is 646. The van der Waals surface area contributed by atoms with E-state index in [1.54, 1.807) is 0 Å². The highest BCUT2D eigenvalue weighted by Gasteiger charge is 2.10. The molecule has 0 heterocycles. The zero-order valence-corrected chi connectivity index (χ0v) is 14.6. The number of hydrogen-bond donors (Lipinski definition) is 0. The summed E-state index contributed by atoms with van der Waals surface area (Å²) in [5.41, 5.74) is 5.04. The molecule has 1 heteroatoms. The fourth-order valence-electron chi connectivity index (χ4n) is 2.65. The second-order valence-electron chi connectivity index (χ2n) is 5.75. The van der Waals surface area contributed by atoms with E-state index in [0.29, 0.717) is 0 Å². The lowest BCUT2D eigenvalue weighted by Gasteiger charge is -2.16. The lowest BCUT2D eigenvalue weighted by molar-refractivity contribution is 0.471. The minimum absolute atomic E-state index is 0.897. The third-order valence-corrected chi connectivity index (χ3v) is 4.07. The lowest BCUT2D eigenvalue weighted by atomic mass is 10.0. The predicted molar refractivity (Wildman–Crippen MR) is 99.5 cm³/mol. The molecule has 120 valence electrons. The first-order valence-corrected chi connectivity index (χ1v) is 8.24. The maximum Gasteiger partial charge on any atom is 0.131 e. The Kier molecular flexibility index (Phi) is 6.22. The summed E-state index contributed by atoms with van der Waals surface area (Å²) in [7, 11) is 0. The molecule has 0 atom stereocenters. The van der Waals surface area contributed by atoms with Crippen LogP contribution in [-0.4, -0.2) is 0 Å². The number of allylic oxidation sites excluding steroid dienone is 4. The van der Waals surface area contributed by atoms with Gasteiger partial charge in [-0.1, -0.05) is 48.6 Å². The van der Waals surface area contributed by atoms with Crippen molar-refractivity contribution in [2.45, 2.75) is 40.5 Å². The molecule has 0 unspecified atom stereocenters. The topological polar surface area (TPSA) is 9.23 Å². The Morgan fingerprint density at radius 3 is 1.57 bits per heavy atom. The van der Waals surface area contributed by atoms with Crippen molar-refractivity contribution in [3.8, 4) is 11.5 Å². The Morgan fingerprint density at radius 1 is 0.739 bits per heavy atom. The highest BCUT2D eigenvalue weighted by atomic mass is 16.5. The first-order valence-electron chi connectivity index (χ1n) is 8.24. The van der Waals surface area contributed by atoms with Crippen LogP contribution in [0, 0.1) is 13.8 Å². The maximum atomic E-state index is 6.33. The van der Waals surface area contributed by atoms with E-state index in [4.69, 9.17) is 4.74 Å². The molecule has 0 saturated heterocycles. The highest BCUT2D eigenvalue weighted by molar-refractivity contribution is 5.47. The van der Waals surface area contributed by atoms with Gasteiger partial charge in [-0.25, -0.2) is 0 Å². The van der Waals surface area contributed by atoms with Crippen LogP contribution < -0.4 is 4.74 Å². The molecule has 0 saturated carbocycles. The van der Waals surface area contributed by atoms with Gasteiger partial charge in [0.25, 0.3) is 0 Å². The molecule has 0 spiro atoms. The molecule has 0 radical (unpaired) electrons. The number of benzene rings is 2. The number of ether oxygens (including phenoxy) is 1. The van der Waals surface area contributed by atoms with Crippen molar-refractivity contribution in [3.63, 3.8) is 0 Å².